The number of aromatic nitrogens is 1. The van der Waals surface area contributed by atoms with Crippen LogP contribution in [0.1, 0.15) is 51.5 Å². The molecule has 1 heterocycles. The van der Waals surface area contributed by atoms with Crippen molar-refractivity contribution in [1.29, 1.82) is 0 Å². The SMILES string of the molecule is CCOc1ccnc(C(=O)N[C@@H](C)C(=O)O[C@@H](C)[C@@H](CC(C)C)Oc2cc(F)ccc2F)c1O. The number of esters is 1. The molecule has 0 fully saturated rings. The van der Waals surface area contributed by atoms with Gasteiger partial charge in [0.25, 0.3) is 5.91 Å². The maximum Gasteiger partial charge on any atom is 0.328 e. The second-order valence-electron chi connectivity index (χ2n) is 8.14. The van der Waals surface area contributed by atoms with Crippen molar-refractivity contribution in [2.24, 2.45) is 5.92 Å². The largest absolute Gasteiger partial charge is 0.503 e. The Kier molecular flexibility index (Phi) is 9.58. The van der Waals surface area contributed by atoms with Gasteiger partial charge >= 0.3 is 5.97 Å². The molecule has 3 atom stereocenters. The summed E-state index contributed by atoms with van der Waals surface area (Å²) in [5.41, 5.74) is -0.304. The van der Waals surface area contributed by atoms with Gasteiger partial charge in [0.15, 0.2) is 28.8 Å². The number of amides is 1. The van der Waals surface area contributed by atoms with Crippen LogP contribution in [0.2, 0.25) is 0 Å². The molecule has 2 rings (SSSR count). The molecule has 0 spiro atoms. The third-order valence-electron chi connectivity index (χ3n) is 4.80. The van der Waals surface area contributed by atoms with Crippen LogP contribution in [0.15, 0.2) is 30.5 Å². The van der Waals surface area contributed by atoms with Gasteiger partial charge in [0, 0.05) is 18.3 Å². The van der Waals surface area contributed by atoms with Gasteiger partial charge in [-0.1, -0.05) is 13.8 Å². The number of halogens is 2. The van der Waals surface area contributed by atoms with E-state index in [1.165, 1.54) is 19.2 Å². The molecule has 0 aliphatic heterocycles. The van der Waals surface area contributed by atoms with Crippen LogP contribution < -0.4 is 14.8 Å². The number of hydrogen-bond acceptors (Lipinski definition) is 7. The van der Waals surface area contributed by atoms with E-state index >= 15 is 0 Å². The first-order chi connectivity index (χ1) is 16.0. The van der Waals surface area contributed by atoms with E-state index in [1.807, 2.05) is 13.8 Å². The highest BCUT2D eigenvalue weighted by Gasteiger charge is 2.29. The third kappa shape index (κ3) is 7.29. The zero-order chi connectivity index (χ0) is 25.4. The second-order valence-corrected chi connectivity index (χ2v) is 8.14. The highest BCUT2D eigenvalue weighted by molar-refractivity contribution is 5.97. The zero-order valence-corrected chi connectivity index (χ0v) is 19.8. The van der Waals surface area contributed by atoms with Crippen LogP contribution in [0.25, 0.3) is 0 Å². The fourth-order valence-corrected chi connectivity index (χ4v) is 3.09. The summed E-state index contributed by atoms with van der Waals surface area (Å²) in [4.78, 5) is 29.0. The van der Waals surface area contributed by atoms with Crippen LogP contribution >= 0.6 is 0 Å². The van der Waals surface area contributed by atoms with Crippen molar-refractivity contribution in [2.75, 3.05) is 6.61 Å². The molecule has 2 N–H and O–H groups in total. The molecule has 8 nitrogen and oxygen atoms in total. The number of rotatable bonds is 11. The molecule has 1 amide bonds. The highest BCUT2D eigenvalue weighted by atomic mass is 19.1. The average Bonchev–Trinajstić information content (AvgIpc) is 2.76. The quantitative estimate of drug-likeness (QED) is 0.468. The highest BCUT2D eigenvalue weighted by Crippen LogP contribution is 2.28. The van der Waals surface area contributed by atoms with Crippen LogP contribution in [0, 0.1) is 17.6 Å². The summed E-state index contributed by atoms with van der Waals surface area (Å²) in [6.45, 7) is 8.78. The van der Waals surface area contributed by atoms with Crippen molar-refractivity contribution in [3.63, 3.8) is 0 Å². The zero-order valence-electron chi connectivity index (χ0n) is 19.8. The molecule has 0 saturated heterocycles. The Labute approximate surface area is 197 Å². The molecule has 0 bridgehead atoms. The summed E-state index contributed by atoms with van der Waals surface area (Å²) in [6, 6.07) is 3.17. The lowest BCUT2D eigenvalue weighted by atomic mass is 10.0. The Morgan fingerprint density at radius 2 is 1.82 bits per heavy atom. The monoisotopic (exact) mass is 480 g/mol. The Bertz CT molecular complexity index is 1000. The van der Waals surface area contributed by atoms with Gasteiger partial charge in [-0.15, -0.1) is 0 Å². The normalized spacial score (nSPS) is 13.6. The predicted octanol–water partition coefficient (Wildman–Crippen LogP) is 4.01. The molecule has 1 aromatic carbocycles. The Morgan fingerprint density at radius 1 is 1.12 bits per heavy atom. The van der Waals surface area contributed by atoms with Gasteiger partial charge in [-0.05, 0) is 45.2 Å². The Balaban J connectivity index is 2.07. The fraction of sp³-hybridized carbons (Fsp3) is 0.458. The second kappa shape index (κ2) is 12.2. The first-order valence-electron chi connectivity index (χ1n) is 11.0. The smallest absolute Gasteiger partial charge is 0.328 e. The Morgan fingerprint density at radius 3 is 2.47 bits per heavy atom. The summed E-state index contributed by atoms with van der Waals surface area (Å²) in [6.07, 6.45) is 0.0820. The van der Waals surface area contributed by atoms with Crippen molar-refractivity contribution in [2.45, 2.75) is 59.3 Å². The van der Waals surface area contributed by atoms with E-state index in [-0.39, 0.29) is 29.7 Å². The molecule has 34 heavy (non-hydrogen) atoms. The van der Waals surface area contributed by atoms with E-state index < -0.39 is 47.5 Å². The van der Waals surface area contributed by atoms with Crippen LogP contribution in [-0.2, 0) is 9.53 Å². The molecule has 0 aliphatic carbocycles. The van der Waals surface area contributed by atoms with Gasteiger partial charge in [-0.2, -0.15) is 0 Å². The van der Waals surface area contributed by atoms with E-state index in [1.54, 1.807) is 13.8 Å². The lowest BCUT2D eigenvalue weighted by Gasteiger charge is -2.27. The van der Waals surface area contributed by atoms with Crippen molar-refractivity contribution >= 4 is 11.9 Å². The maximum absolute atomic E-state index is 14.1. The van der Waals surface area contributed by atoms with Crippen LogP contribution in [0.5, 0.6) is 17.2 Å². The summed E-state index contributed by atoms with van der Waals surface area (Å²) >= 11 is 0. The van der Waals surface area contributed by atoms with Gasteiger partial charge in [-0.3, -0.25) is 4.79 Å². The lowest BCUT2D eigenvalue weighted by molar-refractivity contribution is -0.155. The van der Waals surface area contributed by atoms with E-state index in [0.29, 0.717) is 6.42 Å². The number of benzene rings is 1. The fourth-order valence-electron chi connectivity index (χ4n) is 3.09. The van der Waals surface area contributed by atoms with E-state index in [2.05, 4.69) is 10.3 Å². The molecule has 0 saturated carbocycles. The van der Waals surface area contributed by atoms with Gasteiger partial charge in [0.2, 0.25) is 0 Å². The van der Waals surface area contributed by atoms with Gasteiger partial charge < -0.3 is 24.6 Å². The third-order valence-corrected chi connectivity index (χ3v) is 4.80. The first kappa shape index (κ1) is 26.8. The van der Waals surface area contributed by atoms with E-state index in [0.717, 1.165) is 18.2 Å². The number of ether oxygens (including phenoxy) is 3. The standard InChI is InChI=1S/C24H30F2N2O6/c1-6-32-18-9-10-27-21(22(18)29)23(30)28-14(4)24(31)33-15(5)19(11-13(2)3)34-20-12-16(25)7-8-17(20)26/h7-10,12-15,19,29H,6,11H2,1-5H3,(H,28,30)/t14-,15-,19+/m0/s1. The molecule has 186 valence electrons. The topological polar surface area (TPSA) is 107 Å². The minimum Gasteiger partial charge on any atom is -0.503 e. The molecule has 0 unspecified atom stereocenters. The molecule has 1 aromatic heterocycles. The van der Waals surface area contributed by atoms with Gasteiger partial charge in [-0.25, -0.2) is 18.6 Å². The number of nitrogens with one attached hydrogen (secondary N) is 1. The van der Waals surface area contributed by atoms with Gasteiger partial charge in [0.05, 0.1) is 6.61 Å². The summed E-state index contributed by atoms with van der Waals surface area (Å²) in [5, 5.41) is 12.6. The minimum absolute atomic E-state index is 0.0877. The number of carbonyl (C=O) groups is 2. The summed E-state index contributed by atoms with van der Waals surface area (Å²) in [5.74, 6) is -3.52. The molecule has 0 aliphatic rings. The van der Waals surface area contributed by atoms with Crippen molar-refractivity contribution in [3.8, 4) is 17.2 Å². The summed E-state index contributed by atoms with van der Waals surface area (Å²) < 4.78 is 43.9. The Hall–Kier alpha value is -3.43. The predicted molar refractivity (Wildman–Crippen MR) is 120 cm³/mol. The van der Waals surface area contributed by atoms with Gasteiger partial charge in [0.1, 0.15) is 24.1 Å². The molecular formula is C24H30F2N2O6. The molecule has 10 heteroatoms. The first-order valence-corrected chi connectivity index (χ1v) is 11.0. The molecule has 2 aromatic rings. The molecule has 0 radical (unpaired) electrons. The van der Waals surface area contributed by atoms with Crippen LogP contribution in [0.4, 0.5) is 8.78 Å². The maximum atomic E-state index is 14.1. The van der Waals surface area contributed by atoms with E-state index in [4.69, 9.17) is 14.2 Å². The number of carbonyl (C=O) groups excluding carboxylic acids is 2. The van der Waals surface area contributed by atoms with Crippen LogP contribution in [-0.4, -0.2) is 46.8 Å². The number of aromatic hydroxyl groups is 1. The summed E-state index contributed by atoms with van der Waals surface area (Å²) in [7, 11) is 0. The van der Waals surface area contributed by atoms with Crippen LogP contribution in [0.3, 0.4) is 0 Å². The van der Waals surface area contributed by atoms with Crippen molar-refractivity contribution < 1.29 is 37.7 Å². The van der Waals surface area contributed by atoms with E-state index in [9.17, 15) is 23.5 Å². The number of pyridine rings is 1. The molecular weight excluding hydrogens is 450 g/mol. The number of hydrogen-bond donors (Lipinski definition) is 2. The van der Waals surface area contributed by atoms with Crippen molar-refractivity contribution in [3.05, 3.63) is 47.8 Å². The lowest BCUT2D eigenvalue weighted by Crippen LogP contribution is -2.43. The minimum atomic E-state index is -1.10. The van der Waals surface area contributed by atoms with Crippen molar-refractivity contribution in [1.82, 2.24) is 10.3 Å². The average molecular weight is 481 g/mol. The number of nitrogens with zero attached hydrogens (tertiary/aromatic N) is 1.